The van der Waals surface area contributed by atoms with Gasteiger partial charge in [-0.05, 0) is 25.0 Å². The van der Waals surface area contributed by atoms with Crippen LogP contribution in [0, 0.1) is 5.92 Å². The summed E-state index contributed by atoms with van der Waals surface area (Å²) in [4.78, 5) is 26.4. The molecule has 5 heteroatoms. The topological polar surface area (TPSA) is 55.8 Å². The first-order chi connectivity index (χ1) is 10.2. The molecule has 2 atom stereocenters. The van der Waals surface area contributed by atoms with Crippen molar-refractivity contribution in [3.63, 3.8) is 0 Å². The summed E-state index contributed by atoms with van der Waals surface area (Å²) < 4.78 is 10.2. The second kappa shape index (κ2) is 7.22. The number of rotatable bonds is 5. The summed E-state index contributed by atoms with van der Waals surface area (Å²) in [5, 5.41) is 0. The number of carbonyl (C=O) groups is 2. The van der Waals surface area contributed by atoms with Gasteiger partial charge in [-0.15, -0.1) is 0 Å². The van der Waals surface area contributed by atoms with Crippen LogP contribution in [0.1, 0.15) is 19.8 Å². The van der Waals surface area contributed by atoms with Gasteiger partial charge in [0.15, 0.2) is 0 Å². The first-order valence-corrected chi connectivity index (χ1v) is 7.22. The minimum atomic E-state index is -0.606. The van der Waals surface area contributed by atoms with Crippen molar-refractivity contribution in [2.45, 2.75) is 25.8 Å². The molecule has 0 spiro atoms. The lowest BCUT2D eigenvalue weighted by Crippen LogP contribution is -2.48. The van der Waals surface area contributed by atoms with Crippen molar-refractivity contribution in [1.29, 1.82) is 0 Å². The zero-order chi connectivity index (χ0) is 15.2. The number of carbonyl (C=O) groups excluding carboxylic acids is 2. The standard InChI is InChI=1S/C16H21NO4/c1-3-14(16(19)20-2)17(13-7-5-4-6-8-13)15(18)12-9-10-21-11-12/h4-8,12,14H,3,9-11H2,1-2H3/t12-,14-/m1/s1. The molecule has 0 aliphatic carbocycles. The van der Waals surface area contributed by atoms with E-state index in [-0.39, 0.29) is 11.8 Å². The largest absolute Gasteiger partial charge is 0.467 e. The van der Waals surface area contributed by atoms with Gasteiger partial charge in [-0.3, -0.25) is 9.69 Å². The molecule has 5 nitrogen and oxygen atoms in total. The van der Waals surface area contributed by atoms with Crippen molar-refractivity contribution in [2.75, 3.05) is 25.2 Å². The Balaban J connectivity index is 2.33. The summed E-state index contributed by atoms with van der Waals surface area (Å²) in [5.74, 6) is -0.659. The van der Waals surface area contributed by atoms with E-state index < -0.39 is 12.0 Å². The molecule has 1 aliphatic rings. The molecule has 0 N–H and O–H groups in total. The van der Waals surface area contributed by atoms with Crippen LogP contribution in [0.25, 0.3) is 0 Å². The molecule has 1 heterocycles. The zero-order valence-corrected chi connectivity index (χ0v) is 12.5. The van der Waals surface area contributed by atoms with Crippen molar-refractivity contribution in [1.82, 2.24) is 0 Å². The fraction of sp³-hybridized carbons (Fsp3) is 0.500. The molecular weight excluding hydrogens is 270 g/mol. The third-order valence-corrected chi connectivity index (χ3v) is 3.72. The number of ether oxygens (including phenoxy) is 2. The van der Waals surface area contributed by atoms with Gasteiger partial charge < -0.3 is 9.47 Å². The van der Waals surface area contributed by atoms with Crippen molar-refractivity contribution in [3.05, 3.63) is 30.3 Å². The van der Waals surface area contributed by atoms with Gasteiger partial charge in [0.2, 0.25) is 5.91 Å². The molecule has 0 saturated carbocycles. The number of amides is 1. The lowest BCUT2D eigenvalue weighted by atomic mass is 10.0. The molecule has 2 rings (SSSR count). The van der Waals surface area contributed by atoms with Crippen LogP contribution in [0.4, 0.5) is 5.69 Å². The van der Waals surface area contributed by atoms with Crippen molar-refractivity contribution in [3.8, 4) is 0 Å². The van der Waals surface area contributed by atoms with Crippen LogP contribution in [-0.4, -0.2) is 38.2 Å². The van der Waals surface area contributed by atoms with Gasteiger partial charge >= 0.3 is 5.97 Å². The molecule has 1 aromatic carbocycles. The molecule has 0 aromatic heterocycles. The van der Waals surface area contributed by atoms with Crippen LogP contribution < -0.4 is 4.90 Å². The summed E-state index contributed by atoms with van der Waals surface area (Å²) in [6.45, 7) is 2.88. The molecule has 21 heavy (non-hydrogen) atoms. The highest BCUT2D eigenvalue weighted by Gasteiger charge is 2.35. The van der Waals surface area contributed by atoms with Gasteiger partial charge in [-0.25, -0.2) is 4.79 Å². The van der Waals surface area contributed by atoms with Gasteiger partial charge in [0.25, 0.3) is 0 Å². The summed E-state index contributed by atoms with van der Waals surface area (Å²) in [5.41, 5.74) is 0.714. The molecule has 0 radical (unpaired) electrons. The van der Waals surface area contributed by atoms with E-state index >= 15 is 0 Å². The van der Waals surface area contributed by atoms with Crippen LogP contribution in [0.15, 0.2) is 30.3 Å². The maximum Gasteiger partial charge on any atom is 0.328 e. The monoisotopic (exact) mass is 291 g/mol. The van der Waals surface area contributed by atoms with E-state index in [9.17, 15) is 9.59 Å². The summed E-state index contributed by atoms with van der Waals surface area (Å²) in [6.07, 6.45) is 1.20. The average molecular weight is 291 g/mol. The van der Waals surface area contributed by atoms with E-state index in [0.717, 1.165) is 0 Å². The van der Waals surface area contributed by atoms with Crippen LogP contribution >= 0.6 is 0 Å². The Kier molecular flexibility index (Phi) is 5.33. The van der Waals surface area contributed by atoms with Crippen LogP contribution in [-0.2, 0) is 19.1 Å². The molecular formula is C16H21NO4. The fourth-order valence-corrected chi connectivity index (χ4v) is 2.57. The summed E-state index contributed by atoms with van der Waals surface area (Å²) in [7, 11) is 1.34. The van der Waals surface area contributed by atoms with Gasteiger partial charge in [-0.2, -0.15) is 0 Å². The molecule has 1 aliphatic heterocycles. The van der Waals surface area contributed by atoms with E-state index in [1.807, 2.05) is 37.3 Å². The Morgan fingerprint density at radius 1 is 1.38 bits per heavy atom. The third-order valence-electron chi connectivity index (χ3n) is 3.72. The predicted molar refractivity (Wildman–Crippen MR) is 78.9 cm³/mol. The fourth-order valence-electron chi connectivity index (χ4n) is 2.57. The van der Waals surface area contributed by atoms with Crippen LogP contribution in [0.2, 0.25) is 0 Å². The number of esters is 1. The van der Waals surface area contributed by atoms with Crippen molar-refractivity contribution >= 4 is 17.6 Å². The van der Waals surface area contributed by atoms with Gasteiger partial charge in [0, 0.05) is 12.3 Å². The maximum atomic E-state index is 12.8. The summed E-state index contributed by atoms with van der Waals surface area (Å²) >= 11 is 0. The van der Waals surface area contributed by atoms with Crippen LogP contribution in [0.5, 0.6) is 0 Å². The molecule has 1 fully saturated rings. The van der Waals surface area contributed by atoms with E-state index in [1.54, 1.807) is 4.90 Å². The number of methoxy groups -OCH3 is 1. The highest BCUT2D eigenvalue weighted by atomic mass is 16.5. The molecule has 0 unspecified atom stereocenters. The Bertz CT molecular complexity index is 482. The quantitative estimate of drug-likeness (QED) is 0.779. The maximum absolute atomic E-state index is 12.8. The molecule has 1 saturated heterocycles. The number of hydrogen-bond donors (Lipinski definition) is 0. The van der Waals surface area contributed by atoms with Gasteiger partial charge in [0.1, 0.15) is 6.04 Å². The Morgan fingerprint density at radius 3 is 2.62 bits per heavy atom. The molecule has 0 bridgehead atoms. The first kappa shape index (κ1) is 15.5. The zero-order valence-electron chi connectivity index (χ0n) is 12.5. The van der Waals surface area contributed by atoms with E-state index in [4.69, 9.17) is 9.47 Å². The highest BCUT2D eigenvalue weighted by molar-refractivity contribution is 6.00. The Labute approximate surface area is 124 Å². The lowest BCUT2D eigenvalue weighted by Gasteiger charge is -2.31. The van der Waals surface area contributed by atoms with E-state index in [0.29, 0.717) is 31.7 Å². The van der Waals surface area contributed by atoms with Gasteiger partial charge in [0.05, 0.1) is 19.6 Å². The molecule has 114 valence electrons. The average Bonchev–Trinajstić information content (AvgIpc) is 3.06. The second-order valence-electron chi connectivity index (χ2n) is 5.05. The van der Waals surface area contributed by atoms with E-state index in [1.165, 1.54) is 7.11 Å². The Hall–Kier alpha value is -1.88. The first-order valence-electron chi connectivity index (χ1n) is 7.22. The smallest absolute Gasteiger partial charge is 0.328 e. The molecule has 1 aromatic rings. The number of hydrogen-bond acceptors (Lipinski definition) is 4. The molecule has 1 amide bonds. The van der Waals surface area contributed by atoms with Crippen LogP contribution in [0.3, 0.4) is 0 Å². The highest BCUT2D eigenvalue weighted by Crippen LogP contribution is 2.25. The lowest BCUT2D eigenvalue weighted by molar-refractivity contribution is -0.144. The number of anilines is 1. The van der Waals surface area contributed by atoms with Crippen molar-refractivity contribution < 1.29 is 19.1 Å². The predicted octanol–water partition coefficient (Wildman–Crippen LogP) is 2.01. The summed E-state index contributed by atoms with van der Waals surface area (Å²) in [6, 6.07) is 8.64. The minimum absolute atomic E-state index is 0.0732. The second-order valence-corrected chi connectivity index (χ2v) is 5.05. The number of para-hydroxylation sites is 1. The van der Waals surface area contributed by atoms with Crippen molar-refractivity contribution in [2.24, 2.45) is 5.92 Å². The number of benzene rings is 1. The van der Waals surface area contributed by atoms with Gasteiger partial charge in [-0.1, -0.05) is 25.1 Å². The SMILES string of the molecule is CC[C@H](C(=O)OC)N(C(=O)[C@@H]1CCOC1)c1ccccc1. The normalized spacial score (nSPS) is 19.0. The van der Waals surface area contributed by atoms with E-state index in [2.05, 4.69) is 0 Å². The minimum Gasteiger partial charge on any atom is -0.467 e. The Morgan fingerprint density at radius 2 is 2.10 bits per heavy atom. The number of nitrogens with zero attached hydrogens (tertiary/aromatic N) is 1. The third kappa shape index (κ3) is 3.42.